The average molecular weight is 523 g/mol. The van der Waals surface area contributed by atoms with Gasteiger partial charge in [-0.15, -0.1) is 24.0 Å². The smallest absolute Gasteiger partial charge is 0.223 e. The van der Waals surface area contributed by atoms with Crippen molar-refractivity contribution in [3.8, 4) is 0 Å². The zero-order valence-corrected chi connectivity index (χ0v) is 20.9. The second-order valence-electron chi connectivity index (χ2n) is 8.40. The van der Waals surface area contributed by atoms with Crippen molar-refractivity contribution < 1.29 is 9.53 Å². The van der Waals surface area contributed by atoms with E-state index in [0.717, 1.165) is 51.5 Å². The summed E-state index contributed by atoms with van der Waals surface area (Å²) < 4.78 is 5.61. The molecule has 0 spiro atoms. The molecule has 2 aliphatic carbocycles. The van der Waals surface area contributed by atoms with Crippen LogP contribution in [-0.2, 0) is 9.53 Å². The minimum Gasteiger partial charge on any atom is -0.382 e. The molecule has 0 aromatic rings. The number of aliphatic imine (C=N–C) groups is 1. The number of hydrogen-bond acceptors (Lipinski definition) is 3. The predicted molar refractivity (Wildman–Crippen MR) is 131 cm³/mol. The molecule has 0 aromatic carbocycles. The monoisotopic (exact) mass is 522 g/mol. The number of halogens is 1. The highest BCUT2D eigenvalue weighted by Gasteiger charge is 2.33. The lowest BCUT2D eigenvalue weighted by Gasteiger charge is -2.27. The van der Waals surface area contributed by atoms with Crippen LogP contribution in [-0.4, -0.2) is 51.3 Å². The third-order valence-electron chi connectivity index (χ3n) is 6.25. The molecule has 0 radical (unpaired) electrons. The van der Waals surface area contributed by atoms with Crippen LogP contribution < -0.4 is 16.0 Å². The fourth-order valence-corrected chi connectivity index (χ4v) is 4.51. The van der Waals surface area contributed by atoms with Crippen LogP contribution in [0, 0.1) is 11.3 Å². The molecule has 3 N–H and O–H groups in total. The molecule has 29 heavy (non-hydrogen) atoms. The highest BCUT2D eigenvalue weighted by Crippen LogP contribution is 2.41. The number of nitrogens with one attached hydrogen (secondary N) is 3. The molecule has 2 fully saturated rings. The van der Waals surface area contributed by atoms with Gasteiger partial charge in [-0.25, -0.2) is 0 Å². The Balaban J connectivity index is 0.00000420. The maximum atomic E-state index is 12.2. The fraction of sp³-hybridized carbons (Fsp3) is 0.909. The van der Waals surface area contributed by atoms with E-state index in [1.165, 1.54) is 44.9 Å². The first-order valence-electron chi connectivity index (χ1n) is 11.6. The van der Waals surface area contributed by atoms with Gasteiger partial charge in [0.05, 0.1) is 0 Å². The number of ether oxygens (including phenoxy) is 1. The Morgan fingerprint density at radius 2 is 1.69 bits per heavy atom. The predicted octanol–water partition coefficient (Wildman–Crippen LogP) is 3.84. The summed E-state index contributed by atoms with van der Waals surface area (Å²) in [6.45, 7) is 8.81. The Hall–Kier alpha value is -0.570. The molecule has 0 aromatic heterocycles. The Morgan fingerprint density at radius 1 is 1.00 bits per heavy atom. The summed E-state index contributed by atoms with van der Waals surface area (Å²) in [6.07, 6.45) is 12.0. The van der Waals surface area contributed by atoms with E-state index >= 15 is 0 Å². The summed E-state index contributed by atoms with van der Waals surface area (Å²) in [7, 11) is 0. The summed E-state index contributed by atoms with van der Waals surface area (Å²) in [5.74, 6) is 1.31. The third-order valence-corrected chi connectivity index (χ3v) is 6.25. The molecule has 7 heteroatoms. The molecule has 0 unspecified atom stereocenters. The normalized spacial score (nSPS) is 19.4. The van der Waals surface area contributed by atoms with Crippen molar-refractivity contribution in [1.82, 2.24) is 16.0 Å². The van der Waals surface area contributed by atoms with Crippen molar-refractivity contribution in [1.29, 1.82) is 0 Å². The molecular weight excluding hydrogens is 479 g/mol. The standard InChI is InChI=1S/C22H42N4O2.HI/c1-3-23-21(25-16-15-24-20(27)19-10-6-5-7-11-19)26-18-22(12-8-9-13-22)14-17-28-4-2;/h19H,3-18H2,1-2H3,(H,24,27)(H2,23,25,26);1H. The zero-order valence-electron chi connectivity index (χ0n) is 18.6. The molecule has 2 aliphatic rings. The topological polar surface area (TPSA) is 74.8 Å². The molecule has 0 atom stereocenters. The first kappa shape index (κ1) is 26.5. The largest absolute Gasteiger partial charge is 0.382 e. The highest BCUT2D eigenvalue weighted by atomic mass is 127. The van der Waals surface area contributed by atoms with Gasteiger partial charge < -0.3 is 20.7 Å². The van der Waals surface area contributed by atoms with Crippen LogP contribution in [0.15, 0.2) is 4.99 Å². The minimum absolute atomic E-state index is 0. The van der Waals surface area contributed by atoms with Gasteiger partial charge in [0.2, 0.25) is 5.91 Å². The summed E-state index contributed by atoms with van der Waals surface area (Å²) in [4.78, 5) is 17.1. The molecule has 6 nitrogen and oxygen atoms in total. The van der Waals surface area contributed by atoms with Crippen LogP contribution in [0.25, 0.3) is 0 Å². The Labute approximate surface area is 194 Å². The number of guanidine groups is 1. The quantitative estimate of drug-likeness (QED) is 0.167. The van der Waals surface area contributed by atoms with E-state index in [1.54, 1.807) is 0 Å². The first-order valence-corrected chi connectivity index (χ1v) is 11.6. The number of hydrogen-bond donors (Lipinski definition) is 3. The number of nitrogens with zero attached hydrogens (tertiary/aromatic N) is 1. The third kappa shape index (κ3) is 9.85. The number of carbonyl (C=O) groups excluding carboxylic acids is 1. The molecule has 2 saturated carbocycles. The van der Waals surface area contributed by atoms with Gasteiger partial charge >= 0.3 is 0 Å². The lowest BCUT2D eigenvalue weighted by atomic mass is 9.83. The van der Waals surface area contributed by atoms with Gasteiger partial charge in [-0.1, -0.05) is 32.1 Å². The minimum atomic E-state index is 0. The number of rotatable bonds is 11. The van der Waals surface area contributed by atoms with Gasteiger partial charge in [-0.05, 0) is 51.4 Å². The second-order valence-corrected chi connectivity index (χ2v) is 8.40. The SMILES string of the molecule is CCNC(=NCC1(CCOCC)CCCC1)NCCNC(=O)C1CCCCC1.I. The molecular formula is C22H43IN4O2. The van der Waals surface area contributed by atoms with Gasteiger partial charge in [0, 0.05) is 45.3 Å². The summed E-state index contributed by atoms with van der Waals surface area (Å²) in [5.41, 5.74) is 0.298. The van der Waals surface area contributed by atoms with Gasteiger partial charge in [-0.2, -0.15) is 0 Å². The molecule has 170 valence electrons. The van der Waals surface area contributed by atoms with Crippen LogP contribution in [0.4, 0.5) is 0 Å². The van der Waals surface area contributed by atoms with Crippen LogP contribution in [0.2, 0.25) is 0 Å². The second kappa shape index (κ2) is 15.3. The van der Waals surface area contributed by atoms with Crippen LogP contribution >= 0.6 is 24.0 Å². The molecule has 0 bridgehead atoms. The summed E-state index contributed by atoms with van der Waals surface area (Å²) in [6, 6.07) is 0. The fourth-order valence-electron chi connectivity index (χ4n) is 4.51. The number of amides is 1. The van der Waals surface area contributed by atoms with Gasteiger partial charge in [0.25, 0.3) is 0 Å². The van der Waals surface area contributed by atoms with Crippen LogP contribution in [0.5, 0.6) is 0 Å². The van der Waals surface area contributed by atoms with E-state index in [1.807, 2.05) is 0 Å². The van der Waals surface area contributed by atoms with E-state index in [9.17, 15) is 4.79 Å². The van der Waals surface area contributed by atoms with Crippen molar-refractivity contribution in [2.24, 2.45) is 16.3 Å². The van der Waals surface area contributed by atoms with E-state index < -0.39 is 0 Å². The van der Waals surface area contributed by atoms with Crippen LogP contribution in [0.1, 0.15) is 78.1 Å². The summed E-state index contributed by atoms with van der Waals surface area (Å²) >= 11 is 0. The van der Waals surface area contributed by atoms with E-state index in [0.29, 0.717) is 18.5 Å². The molecule has 2 rings (SSSR count). The maximum absolute atomic E-state index is 12.2. The van der Waals surface area contributed by atoms with Gasteiger partial charge in [0.15, 0.2) is 5.96 Å². The van der Waals surface area contributed by atoms with Crippen molar-refractivity contribution >= 4 is 35.8 Å². The molecule has 1 amide bonds. The number of carbonyl (C=O) groups is 1. The first-order chi connectivity index (χ1) is 13.7. The molecule has 0 heterocycles. The van der Waals surface area contributed by atoms with Crippen molar-refractivity contribution in [2.45, 2.75) is 78.1 Å². The lowest BCUT2D eigenvalue weighted by Crippen LogP contribution is -2.43. The molecule has 0 saturated heterocycles. The van der Waals surface area contributed by atoms with Crippen molar-refractivity contribution in [3.63, 3.8) is 0 Å². The maximum Gasteiger partial charge on any atom is 0.223 e. The Kier molecular flexibility index (Phi) is 13.9. The van der Waals surface area contributed by atoms with Gasteiger partial charge in [0.1, 0.15) is 0 Å². The van der Waals surface area contributed by atoms with Crippen molar-refractivity contribution in [3.05, 3.63) is 0 Å². The Bertz CT molecular complexity index is 475. The lowest BCUT2D eigenvalue weighted by molar-refractivity contribution is -0.125. The van der Waals surface area contributed by atoms with Gasteiger partial charge in [-0.3, -0.25) is 9.79 Å². The molecule has 0 aliphatic heterocycles. The Morgan fingerprint density at radius 3 is 2.34 bits per heavy atom. The highest BCUT2D eigenvalue weighted by molar-refractivity contribution is 14.0. The van der Waals surface area contributed by atoms with E-state index in [-0.39, 0.29) is 35.8 Å². The zero-order chi connectivity index (χ0) is 20.1. The van der Waals surface area contributed by atoms with E-state index in [4.69, 9.17) is 9.73 Å². The average Bonchev–Trinajstić information content (AvgIpc) is 3.19. The summed E-state index contributed by atoms with van der Waals surface area (Å²) in [5, 5.41) is 9.81. The van der Waals surface area contributed by atoms with E-state index in [2.05, 4.69) is 29.8 Å². The van der Waals surface area contributed by atoms with Crippen molar-refractivity contribution in [2.75, 3.05) is 39.4 Å². The van der Waals surface area contributed by atoms with Crippen LogP contribution in [0.3, 0.4) is 0 Å².